The lowest BCUT2D eigenvalue weighted by Crippen LogP contribution is -2.18. The molecule has 1 atom stereocenters. The Hall–Kier alpha value is -1.83. The van der Waals surface area contributed by atoms with Gasteiger partial charge in [-0.25, -0.2) is 4.39 Å². The van der Waals surface area contributed by atoms with Crippen LogP contribution in [0.1, 0.15) is 23.6 Å². The van der Waals surface area contributed by atoms with Crippen molar-refractivity contribution in [1.29, 1.82) is 0 Å². The predicted molar refractivity (Wildman–Crippen MR) is 79.1 cm³/mol. The van der Waals surface area contributed by atoms with Crippen molar-refractivity contribution >= 4 is 5.69 Å². The molecule has 0 fully saturated rings. The van der Waals surface area contributed by atoms with Crippen LogP contribution in [0.25, 0.3) is 0 Å². The fourth-order valence-electron chi connectivity index (χ4n) is 2.20. The topological polar surface area (TPSA) is 12.0 Å². The Morgan fingerprint density at radius 3 is 2.42 bits per heavy atom. The molecule has 19 heavy (non-hydrogen) atoms. The van der Waals surface area contributed by atoms with E-state index in [2.05, 4.69) is 44.3 Å². The molecule has 0 radical (unpaired) electrons. The van der Waals surface area contributed by atoms with E-state index in [0.29, 0.717) is 6.04 Å². The van der Waals surface area contributed by atoms with Gasteiger partial charge in [0.2, 0.25) is 0 Å². The van der Waals surface area contributed by atoms with Crippen LogP contribution < -0.4 is 5.32 Å². The third-order valence-corrected chi connectivity index (χ3v) is 3.46. The van der Waals surface area contributed by atoms with Crippen molar-refractivity contribution < 1.29 is 4.39 Å². The van der Waals surface area contributed by atoms with E-state index in [1.54, 1.807) is 0 Å². The normalized spacial score (nSPS) is 12.2. The van der Waals surface area contributed by atoms with Gasteiger partial charge in [0.15, 0.2) is 0 Å². The van der Waals surface area contributed by atoms with Gasteiger partial charge < -0.3 is 5.32 Å². The Morgan fingerprint density at radius 2 is 1.74 bits per heavy atom. The summed E-state index contributed by atoms with van der Waals surface area (Å²) in [5.41, 5.74) is 4.90. The standard InChI is InChI=1S/C17H20FN/c1-12-5-4-6-17(14(12)3)19-13(2)11-15-7-9-16(18)10-8-15/h4-10,13,19H,11H2,1-3H3. The van der Waals surface area contributed by atoms with Crippen LogP contribution in [0.4, 0.5) is 10.1 Å². The molecular formula is C17H20FN. The molecule has 1 nitrogen and oxygen atoms in total. The molecule has 0 aromatic heterocycles. The van der Waals surface area contributed by atoms with Gasteiger partial charge in [-0.1, -0.05) is 24.3 Å². The molecule has 0 aliphatic heterocycles. The van der Waals surface area contributed by atoms with E-state index in [-0.39, 0.29) is 5.82 Å². The average molecular weight is 257 g/mol. The summed E-state index contributed by atoms with van der Waals surface area (Å²) >= 11 is 0. The van der Waals surface area contributed by atoms with E-state index >= 15 is 0 Å². The summed E-state index contributed by atoms with van der Waals surface area (Å²) in [5.74, 6) is -0.182. The van der Waals surface area contributed by atoms with Gasteiger partial charge in [0.25, 0.3) is 0 Å². The summed E-state index contributed by atoms with van der Waals surface area (Å²) in [6, 6.07) is 13.3. The molecule has 0 heterocycles. The third-order valence-electron chi connectivity index (χ3n) is 3.46. The number of hydrogen-bond acceptors (Lipinski definition) is 1. The summed E-state index contributed by atoms with van der Waals surface area (Å²) in [6.07, 6.45) is 0.883. The summed E-state index contributed by atoms with van der Waals surface area (Å²) in [5, 5.41) is 3.52. The minimum absolute atomic E-state index is 0.182. The molecular weight excluding hydrogens is 237 g/mol. The third kappa shape index (κ3) is 3.57. The fraction of sp³-hybridized carbons (Fsp3) is 0.294. The lowest BCUT2D eigenvalue weighted by Gasteiger charge is -2.18. The molecule has 2 aromatic rings. The Kier molecular flexibility index (Phi) is 4.20. The first-order valence-electron chi connectivity index (χ1n) is 6.63. The Morgan fingerprint density at radius 1 is 1.05 bits per heavy atom. The van der Waals surface area contributed by atoms with Gasteiger partial charge in [-0.3, -0.25) is 0 Å². The Bertz CT molecular complexity index is 546. The van der Waals surface area contributed by atoms with Crippen LogP contribution in [-0.4, -0.2) is 6.04 Å². The first-order chi connectivity index (χ1) is 9.06. The lowest BCUT2D eigenvalue weighted by atomic mass is 10.0. The molecule has 1 unspecified atom stereocenters. The summed E-state index contributed by atoms with van der Waals surface area (Å²) < 4.78 is 12.9. The smallest absolute Gasteiger partial charge is 0.123 e. The van der Waals surface area contributed by atoms with E-state index < -0.39 is 0 Å². The highest BCUT2D eigenvalue weighted by Crippen LogP contribution is 2.19. The molecule has 0 aliphatic rings. The fourth-order valence-corrected chi connectivity index (χ4v) is 2.20. The number of rotatable bonds is 4. The van der Waals surface area contributed by atoms with Gasteiger partial charge >= 0.3 is 0 Å². The zero-order valence-corrected chi connectivity index (χ0v) is 11.7. The molecule has 0 amide bonds. The molecule has 0 saturated heterocycles. The van der Waals surface area contributed by atoms with E-state index in [1.807, 2.05) is 12.1 Å². The van der Waals surface area contributed by atoms with E-state index in [9.17, 15) is 4.39 Å². The predicted octanol–water partition coefficient (Wildman–Crippen LogP) is 4.49. The van der Waals surface area contributed by atoms with Crippen LogP contribution in [0.15, 0.2) is 42.5 Å². The van der Waals surface area contributed by atoms with Crippen molar-refractivity contribution in [2.75, 3.05) is 5.32 Å². The van der Waals surface area contributed by atoms with Gasteiger partial charge in [0.1, 0.15) is 5.82 Å². The maximum Gasteiger partial charge on any atom is 0.123 e. The van der Waals surface area contributed by atoms with E-state index in [0.717, 1.165) is 12.0 Å². The molecule has 0 spiro atoms. The summed E-state index contributed by atoms with van der Waals surface area (Å²) in [7, 11) is 0. The van der Waals surface area contributed by atoms with Gasteiger partial charge in [-0.05, 0) is 62.1 Å². The van der Waals surface area contributed by atoms with Crippen molar-refractivity contribution in [2.45, 2.75) is 33.2 Å². The molecule has 100 valence electrons. The van der Waals surface area contributed by atoms with Crippen LogP contribution in [0, 0.1) is 19.7 Å². The van der Waals surface area contributed by atoms with Crippen LogP contribution in [0.5, 0.6) is 0 Å². The molecule has 2 aromatic carbocycles. The zero-order valence-electron chi connectivity index (χ0n) is 11.7. The van der Waals surface area contributed by atoms with E-state index in [1.165, 1.54) is 28.9 Å². The highest BCUT2D eigenvalue weighted by molar-refractivity contribution is 5.54. The zero-order chi connectivity index (χ0) is 13.8. The highest BCUT2D eigenvalue weighted by atomic mass is 19.1. The number of nitrogens with one attached hydrogen (secondary N) is 1. The maximum absolute atomic E-state index is 12.9. The van der Waals surface area contributed by atoms with Gasteiger partial charge in [0.05, 0.1) is 0 Å². The SMILES string of the molecule is Cc1cccc(NC(C)Cc2ccc(F)cc2)c1C. The van der Waals surface area contributed by atoms with Gasteiger partial charge in [0, 0.05) is 11.7 Å². The van der Waals surface area contributed by atoms with Crippen LogP contribution in [0.3, 0.4) is 0 Å². The second-order valence-corrected chi connectivity index (χ2v) is 5.12. The largest absolute Gasteiger partial charge is 0.382 e. The molecule has 1 N–H and O–H groups in total. The minimum atomic E-state index is -0.182. The molecule has 0 aliphatic carbocycles. The monoisotopic (exact) mass is 257 g/mol. The number of hydrogen-bond donors (Lipinski definition) is 1. The van der Waals surface area contributed by atoms with Gasteiger partial charge in [-0.2, -0.15) is 0 Å². The van der Waals surface area contributed by atoms with Crippen molar-refractivity contribution in [1.82, 2.24) is 0 Å². The van der Waals surface area contributed by atoms with Crippen molar-refractivity contribution in [3.63, 3.8) is 0 Å². The van der Waals surface area contributed by atoms with Crippen LogP contribution >= 0.6 is 0 Å². The average Bonchev–Trinajstić information content (AvgIpc) is 2.38. The maximum atomic E-state index is 12.9. The highest BCUT2D eigenvalue weighted by Gasteiger charge is 2.06. The van der Waals surface area contributed by atoms with Crippen molar-refractivity contribution in [2.24, 2.45) is 0 Å². The van der Waals surface area contributed by atoms with Crippen molar-refractivity contribution in [3.05, 3.63) is 65.0 Å². The lowest BCUT2D eigenvalue weighted by molar-refractivity contribution is 0.626. The number of benzene rings is 2. The quantitative estimate of drug-likeness (QED) is 0.851. The number of anilines is 1. The van der Waals surface area contributed by atoms with E-state index in [4.69, 9.17) is 0 Å². The summed E-state index contributed by atoms with van der Waals surface area (Å²) in [4.78, 5) is 0. The molecule has 0 saturated carbocycles. The second kappa shape index (κ2) is 5.87. The van der Waals surface area contributed by atoms with Gasteiger partial charge in [-0.15, -0.1) is 0 Å². The second-order valence-electron chi connectivity index (χ2n) is 5.12. The number of halogens is 1. The van der Waals surface area contributed by atoms with Crippen LogP contribution in [-0.2, 0) is 6.42 Å². The Labute approximate surface area is 114 Å². The minimum Gasteiger partial charge on any atom is -0.382 e. The number of aryl methyl sites for hydroxylation is 1. The van der Waals surface area contributed by atoms with Crippen molar-refractivity contribution in [3.8, 4) is 0 Å². The molecule has 2 heteroatoms. The molecule has 0 bridgehead atoms. The summed E-state index contributed by atoms with van der Waals surface area (Å²) in [6.45, 7) is 6.39. The Balaban J connectivity index is 2.03. The first kappa shape index (κ1) is 13.6. The molecule has 2 rings (SSSR count). The first-order valence-corrected chi connectivity index (χ1v) is 6.63. The van der Waals surface area contributed by atoms with Crippen LogP contribution in [0.2, 0.25) is 0 Å².